The highest BCUT2D eigenvalue weighted by Gasteiger charge is 2.34. The maximum absolute atomic E-state index is 14.2. The number of hydrogen-bond donors (Lipinski definition) is 1. The van der Waals surface area contributed by atoms with Crippen molar-refractivity contribution in [1.82, 2.24) is 30.5 Å². The molecule has 43 heavy (non-hydrogen) atoms. The lowest BCUT2D eigenvalue weighted by Gasteiger charge is -2.31. The van der Waals surface area contributed by atoms with Gasteiger partial charge in [-0.05, 0) is 54.5 Å². The van der Waals surface area contributed by atoms with Crippen LogP contribution in [0.15, 0.2) is 108 Å². The van der Waals surface area contributed by atoms with Gasteiger partial charge in [0.05, 0.1) is 17.4 Å². The number of para-hydroxylation sites is 1. The Kier molecular flexibility index (Phi) is 7.73. The highest BCUT2D eigenvalue weighted by atomic mass is 16.3. The van der Waals surface area contributed by atoms with Crippen molar-refractivity contribution in [2.45, 2.75) is 33.0 Å². The van der Waals surface area contributed by atoms with Crippen LogP contribution in [0.1, 0.15) is 28.5 Å². The number of amides is 2. The van der Waals surface area contributed by atoms with E-state index < -0.39 is 11.9 Å². The Balaban J connectivity index is 1.39. The van der Waals surface area contributed by atoms with Gasteiger partial charge in [-0.2, -0.15) is 4.80 Å². The minimum absolute atomic E-state index is 0.260. The number of rotatable bonds is 9. The van der Waals surface area contributed by atoms with Crippen molar-refractivity contribution in [2.75, 3.05) is 4.90 Å². The summed E-state index contributed by atoms with van der Waals surface area (Å²) in [5, 5.41) is 16.4. The number of aromatic nitrogens is 5. The minimum Gasteiger partial charge on any atom is -0.458 e. The van der Waals surface area contributed by atoms with E-state index in [1.165, 1.54) is 9.70 Å². The largest absolute Gasteiger partial charge is 0.458 e. The van der Waals surface area contributed by atoms with E-state index >= 15 is 0 Å². The van der Waals surface area contributed by atoms with Crippen LogP contribution in [0.25, 0.3) is 22.5 Å². The number of aryl methyl sites for hydroxylation is 2. The third kappa shape index (κ3) is 6.18. The van der Waals surface area contributed by atoms with E-state index in [1.807, 2.05) is 98.8 Å². The molecular formula is C33H29N7O3. The minimum atomic E-state index is -1.00. The topological polar surface area (TPSA) is 119 Å². The van der Waals surface area contributed by atoms with Crippen molar-refractivity contribution in [3.05, 3.63) is 126 Å². The fourth-order valence-corrected chi connectivity index (χ4v) is 4.84. The van der Waals surface area contributed by atoms with Gasteiger partial charge in [0.2, 0.25) is 11.7 Å². The van der Waals surface area contributed by atoms with Gasteiger partial charge in [-0.25, -0.2) is 0 Å². The van der Waals surface area contributed by atoms with Gasteiger partial charge >= 0.3 is 0 Å². The number of hydrogen-bond acceptors (Lipinski definition) is 7. The van der Waals surface area contributed by atoms with Gasteiger partial charge < -0.3 is 9.73 Å². The van der Waals surface area contributed by atoms with Crippen molar-refractivity contribution in [1.29, 1.82) is 0 Å². The summed E-state index contributed by atoms with van der Waals surface area (Å²) >= 11 is 0. The van der Waals surface area contributed by atoms with E-state index in [1.54, 1.807) is 18.3 Å². The summed E-state index contributed by atoms with van der Waals surface area (Å²) in [6.07, 6.45) is 1.61. The van der Waals surface area contributed by atoms with E-state index in [0.29, 0.717) is 29.3 Å². The smallest absolute Gasteiger partial charge is 0.251 e. The normalized spacial score (nSPS) is 11.8. The maximum Gasteiger partial charge on any atom is 0.251 e. The van der Waals surface area contributed by atoms with Crippen LogP contribution >= 0.6 is 0 Å². The fraction of sp³-hybridized carbons (Fsp3) is 0.152. The van der Waals surface area contributed by atoms with Crippen LogP contribution in [-0.2, 0) is 22.7 Å². The van der Waals surface area contributed by atoms with Crippen LogP contribution in [0.5, 0.6) is 0 Å². The van der Waals surface area contributed by atoms with Crippen molar-refractivity contribution in [3.8, 4) is 11.6 Å². The molecule has 0 saturated carbocycles. The molecule has 0 fully saturated rings. The van der Waals surface area contributed by atoms with Gasteiger partial charge in [0.15, 0.2) is 5.76 Å². The molecule has 3 aromatic heterocycles. The Hall–Kier alpha value is -5.64. The number of nitrogens with zero attached hydrogens (tertiary/aromatic N) is 6. The molecule has 214 valence electrons. The average molecular weight is 572 g/mol. The molecule has 1 N–H and O–H groups in total. The molecule has 0 aliphatic heterocycles. The van der Waals surface area contributed by atoms with E-state index in [4.69, 9.17) is 4.42 Å². The molecule has 0 aliphatic rings. The molecule has 1 unspecified atom stereocenters. The quantitative estimate of drug-likeness (QED) is 0.254. The zero-order valence-electron chi connectivity index (χ0n) is 23.7. The molecule has 6 rings (SSSR count). The first-order chi connectivity index (χ1) is 20.9. The molecule has 10 heteroatoms. The summed E-state index contributed by atoms with van der Waals surface area (Å²) < 4.78 is 5.61. The number of carbonyl (C=O) groups excluding carboxylic acids is 2. The zero-order valence-corrected chi connectivity index (χ0v) is 23.7. The average Bonchev–Trinajstić information content (AvgIpc) is 3.68. The summed E-state index contributed by atoms with van der Waals surface area (Å²) in [5.74, 6) is 0.657. The Morgan fingerprint density at radius 1 is 0.930 bits per heavy atom. The lowest BCUT2D eigenvalue weighted by atomic mass is 10.0. The first-order valence-electron chi connectivity index (χ1n) is 13.8. The van der Waals surface area contributed by atoms with Gasteiger partial charge in [0.25, 0.3) is 5.91 Å². The second-order valence-electron chi connectivity index (χ2n) is 10.2. The van der Waals surface area contributed by atoms with Crippen LogP contribution in [0.3, 0.4) is 0 Å². The summed E-state index contributed by atoms with van der Waals surface area (Å²) in [6, 6.07) is 29.2. The van der Waals surface area contributed by atoms with Crippen LogP contribution in [0.4, 0.5) is 5.69 Å². The number of carbonyl (C=O) groups is 2. The molecule has 1 atom stereocenters. The Morgan fingerprint density at radius 2 is 1.70 bits per heavy atom. The Labute approximate surface area is 248 Å². The first-order valence-corrected chi connectivity index (χ1v) is 13.8. The molecular weight excluding hydrogens is 542 g/mol. The number of anilines is 1. The first kappa shape index (κ1) is 27.5. The fourth-order valence-electron chi connectivity index (χ4n) is 4.84. The lowest BCUT2D eigenvalue weighted by molar-refractivity contribution is -0.127. The van der Waals surface area contributed by atoms with Gasteiger partial charge in [0.1, 0.15) is 18.3 Å². The zero-order chi connectivity index (χ0) is 29.8. The highest BCUT2D eigenvalue weighted by molar-refractivity contribution is 6.02. The second kappa shape index (κ2) is 12.1. The molecule has 3 heterocycles. The molecule has 0 saturated heterocycles. The monoisotopic (exact) mass is 571 g/mol. The lowest BCUT2D eigenvalue weighted by Crippen LogP contribution is -2.45. The Morgan fingerprint density at radius 3 is 2.47 bits per heavy atom. The third-order valence-electron chi connectivity index (χ3n) is 7.02. The van der Waals surface area contributed by atoms with Crippen molar-refractivity contribution in [2.24, 2.45) is 0 Å². The van der Waals surface area contributed by atoms with Crippen molar-refractivity contribution >= 4 is 28.4 Å². The number of pyridine rings is 1. The molecule has 0 radical (unpaired) electrons. The van der Waals surface area contributed by atoms with E-state index in [-0.39, 0.29) is 18.3 Å². The van der Waals surface area contributed by atoms with E-state index in [9.17, 15) is 9.59 Å². The molecule has 3 aromatic carbocycles. The van der Waals surface area contributed by atoms with Crippen LogP contribution in [0, 0.1) is 13.8 Å². The van der Waals surface area contributed by atoms with Gasteiger partial charge in [-0.1, -0.05) is 78.4 Å². The summed E-state index contributed by atoms with van der Waals surface area (Å²) in [7, 11) is 0. The summed E-state index contributed by atoms with van der Waals surface area (Å²) in [4.78, 5) is 35.5. The standard InChI is InChI=1S/C33H29N7O3/c1-22-12-15-25(16-13-22)31(33(42)35-19-24-8-4-3-5-9-24)40(27-18-26-10-6-7-11-28(26)34-20-27)30(41)21-39-37-32(36-38-39)29-17-14-23(2)43-29/h3-18,20,31H,19,21H2,1-2H3,(H,35,42). The van der Waals surface area contributed by atoms with Crippen LogP contribution in [-0.4, -0.2) is 37.0 Å². The molecule has 6 aromatic rings. The molecule has 10 nitrogen and oxygen atoms in total. The van der Waals surface area contributed by atoms with E-state index in [0.717, 1.165) is 22.0 Å². The second-order valence-corrected chi connectivity index (χ2v) is 10.2. The number of nitrogens with one attached hydrogen (secondary N) is 1. The number of furan rings is 1. The summed E-state index contributed by atoms with van der Waals surface area (Å²) in [6.45, 7) is 3.82. The molecule has 2 amide bonds. The molecule has 0 aliphatic carbocycles. The highest BCUT2D eigenvalue weighted by Crippen LogP contribution is 2.30. The maximum atomic E-state index is 14.2. The number of tetrazole rings is 1. The Bertz CT molecular complexity index is 1880. The molecule has 0 spiro atoms. The van der Waals surface area contributed by atoms with Gasteiger partial charge in [-0.15, -0.1) is 10.2 Å². The third-order valence-corrected chi connectivity index (χ3v) is 7.02. The molecule has 0 bridgehead atoms. The van der Waals surface area contributed by atoms with Gasteiger partial charge in [-0.3, -0.25) is 19.5 Å². The van der Waals surface area contributed by atoms with Crippen LogP contribution in [0.2, 0.25) is 0 Å². The SMILES string of the molecule is Cc1ccc(C(C(=O)NCc2ccccc2)N(C(=O)Cn2nnc(-c3ccc(C)o3)n2)c2cnc3ccccc3c2)cc1. The summed E-state index contributed by atoms with van der Waals surface area (Å²) in [5.41, 5.74) is 3.86. The van der Waals surface area contributed by atoms with E-state index in [2.05, 4.69) is 25.7 Å². The number of fused-ring (bicyclic) bond motifs is 1. The van der Waals surface area contributed by atoms with Crippen molar-refractivity contribution in [3.63, 3.8) is 0 Å². The van der Waals surface area contributed by atoms with Crippen LogP contribution < -0.4 is 10.2 Å². The van der Waals surface area contributed by atoms with Gasteiger partial charge in [0, 0.05) is 11.9 Å². The van der Waals surface area contributed by atoms with Crippen molar-refractivity contribution < 1.29 is 14.0 Å². The predicted octanol–water partition coefficient (Wildman–Crippen LogP) is 5.19. The predicted molar refractivity (Wildman–Crippen MR) is 162 cm³/mol. The number of benzene rings is 3.